The van der Waals surface area contributed by atoms with Crippen LogP contribution in [0.25, 0.3) is 0 Å². The van der Waals surface area contributed by atoms with Gasteiger partial charge in [0.15, 0.2) is 0 Å². The highest BCUT2D eigenvalue weighted by Gasteiger charge is 2.22. The van der Waals surface area contributed by atoms with Gasteiger partial charge in [0.25, 0.3) is 11.6 Å². The molecule has 1 heterocycles. The third-order valence-electron chi connectivity index (χ3n) is 3.62. The zero-order chi connectivity index (χ0) is 15.0. The summed E-state index contributed by atoms with van der Waals surface area (Å²) < 4.78 is 1.65. The molecule has 1 aromatic carbocycles. The van der Waals surface area contributed by atoms with Crippen molar-refractivity contribution in [2.75, 3.05) is 5.32 Å². The predicted octanol–water partition coefficient (Wildman–Crippen LogP) is 2.07. The van der Waals surface area contributed by atoms with Gasteiger partial charge in [-0.2, -0.15) is 5.10 Å². The molecule has 0 spiro atoms. The Kier molecular flexibility index (Phi) is 3.17. The van der Waals surface area contributed by atoms with Gasteiger partial charge in [0, 0.05) is 30.3 Å². The van der Waals surface area contributed by atoms with Crippen LogP contribution in [0.5, 0.6) is 0 Å². The molecule has 1 aromatic heterocycles. The SMILES string of the molecule is Cn1nc2c(c1NC(=O)c1cccc([N+](=O)[O-])c1)CCC2. The fourth-order valence-electron chi connectivity index (χ4n) is 2.62. The van der Waals surface area contributed by atoms with Crippen molar-refractivity contribution >= 4 is 17.4 Å². The van der Waals surface area contributed by atoms with Crippen molar-refractivity contribution < 1.29 is 9.72 Å². The van der Waals surface area contributed by atoms with Gasteiger partial charge in [-0.05, 0) is 25.3 Å². The first-order valence-electron chi connectivity index (χ1n) is 6.67. The zero-order valence-electron chi connectivity index (χ0n) is 11.5. The number of rotatable bonds is 3. The number of amides is 1. The maximum atomic E-state index is 12.3. The Labute approximate surface area is 120 Å². The van der Waals surface area contributed by atoms with E-state index in [4.69, 9.17) is 0 Å². The van der Waals surface area contributed by atoms with Gasteiger partial charge in [-0.1, -0.05) is 6.07 Å². The second kappa shape index (κ2) is 5.01. The van der Waals surface area contributed by atoms with Crippen LogP contribution < -0.4 is 5.32 Å². The molecule has 0 fully saturated rings. The summed E-state index contributed by atoms with van der Waals surface area (Å²) in [6, 6.07) is 5.68. The monoisotopic (exact) mass is 286 g/mol. The summed E-state index contributed by atoms with van der Waals surface area (Å²) in [7, 11) is 1.78. The molecule has 108 valence electrons. The Morgan fingerprint density at radius 1 is 1.43 bits per heavy atom. The number of hydrogen-bond acceptors (Lipinski definition) is 4. The van der Waals surface area contributed by atoms with E-state index < -0.39 is 4.92 Å². The molecule has 0 radical (unpaired) electrons. The molecular formula is C14H14N4O3. The summed E-state index contributed by atoms with van der Waals surface area (Å²) >= 11 is 0. The van der Waals surface area contributed by atoms with Gasteiger partial charge in [0.1, 0.15) is 5.82 Å². The lowest BCUT2D eigenvalue weighted by Gasteiger charge is -2.07. The molecule has 0 saturated carbocycles. The first-order valence-corrected chi connectivity index (χ1v) is 6.67. The van der Waals surface area contributed by atoms with Crippen molar-refractivity contribution in [2.24, 2.45) is 7.05 Å². The average molecular weight is 286 g/mol. The van der Waals surface area contributed by atoms with Crippen LogP contribution in [0.2, 0.25) is 0 Å². The maximum Gasteiger partial charge on any atom is 0.270 e. The lowest BCUT2D eigenvalue weighted by atomic mass is 10.2. The molecule has 2 aromatic rings. The highest BCUT2D eigenvalue weighted by molar-refractivity contribution is 6.04. The van der Waals surface area contributed by atoms with Crippen LogP contribution in [0.3, 0.4) is 0 Å². The van der Waals surface area contributed by atoms with E-state index in [0.29, 0.717) is 5.82 Å². The van der Waals surface area contributed by atoms with E-state index in [1.807, 2.05) is 0 Å². The normalized spacial score (nSPS) is 13.0. The molecule has 0 aliphatic heterocycles. The van der Waals surface area contributed by atoms with Crippen LogP contribution >= 0.6 is 0 Å². The molecule has 1 N–H and O–H groups in total. The molecule has 3 rings (SSSR count). The number of benzene rings is 1. The first kappa shape index (κ1) is 13.3. The minimum Gasteiger partial charge on any atom is -0.307 e. The lowest BCUT2D eigenvalue weighted by molar-refractivity contribution is -0.384. The van der Waals surface area contributed by atoms with E-state index in [2.05, 4.69) is 10.4 Å². The summed E-state index contributed by atoms with van der Waals surface area (Å²) in [6.07, 6.45) is 2.86. The van der Waals surface area contributed by atoms with Crippen LogP contribution in [0.1, 0.15) is 28.0 Å². The summed E-state index contributed by atoms with van der Waals surface area (Å²) in [6.45, 7) is 0. The van der Waals surface area contributed by atoms with Gasteiger partial charge in [0.05, 0.1) is 10.6 Å². The van der Waals surface area contributed by atoms with Crippen molar-refractivity contribution in [2.45, 2.75) is 19.3 Å². The average Bonchev–Trinajstić information content (AvgIpc) is 3.02. The Morgan fingerprint density at radius 2 is 2.24 bits per heavy atom. The van der Waals surface area contributed by atoms with Crippen LogP contribution in [0.15, 0.2) is 24.3 Å². The predicted molar refractivity (Wildman–Crippen MR) is 76.3 cm³/mol. The molecule has 21 heavy (non-hydrogen) atoms. The molecule has 1 aliphatic carbocycles. The van der Waals surface area contributed by atoms with Crippen molar-refractivity contribution in [1.82, 2.24) is 9.78 Å². The number of nitrogens with zero attached hydrogens (tertiary/aromatic N) is 3. The van der Waals surface area contributed by atoms with Crippen molar-refractivity contribution in [3.8, 4) is 0 Å². The van der Waals surface area contributed by atoms with Gasteiger partial charge < -0.3 is 5.32 Å². The molecule has 0 unspecified atom stereocenters. The van der Waals surface area contributed by atoms with Gasteiger partial charge in [0.2, 0.25) is 0 Å². The number of nitro groups is 1. The minimum absolute atomic E-state index is 0.0992. The summed E-state index contributed by atoms with van der Waals surface area (Å²) in [5.74, 6) is 0.315. The summed E-state index contributed by atoms with van der Waals surface area (Å²) in [4.78, 5) is 22.5. The number of hydrogen-bond donors (Lipinski definition) is 1. The number of nitro benzene ring substituents is 1. The van der Waals surface area contributed by atoms with Gasteiger partial charge >= 0.3 is 0 Å². The minimum atomic E-state index is -0.515. The molecular weight excluding hydrogens is 272 g/mol. The van der Waals surface area contributed by atoms with Gasteiger partial charge in [-0.3, -0.25) is 19.6 Å². The fourth-order valence-corrected chi connectivity index (χ4v) is 2.62. The number of aryl methyl sites for hydroxylation is 2. The number of nitrogens with one attached hydrogen (secondary N) is 1. The van der Waals surface area contributed by atoms with E-state index in [-0.39, 0.29) is 17.2 Å². The molecule has 1 amide bonds. The summed E-state index contributed by atoms with van der Waals surface area (Å²) in [5, 5.41) is 17.9. The van der Waals surface area contributed by atoms with Gasteiger partial charge in [-0.25, -0.2) is 0 Å². The number of carbonyl (C=O) groups is 1. The Morgan fingerprint density at radius 3 is 3.00 bits per heavy atom. The summed E-state index contributed by atoms with van der Waals surface area (Å²) in [5.41, 5.74) is 2.25. The second-order valence-corrected chi connectivity index (χ2v) is 5.01. The topological polar surface area (TPSA) is 90.1 Å². The standard InChI is InChI=1S/C14H14N4O3/c1-17-13(11-6-3-7-12(11)16-17)15-14(19)9-4-2-5-10(8-9)18(20)21/h2,4-5,8H,3,6-7H2,1H3,(H,15,19). The molecule has 7 heteroatoms. The third-order valence-corrected chi connectivity index (χ3v) is 3.62. The largest absolute Gasteiger partial charge is 0.307 e. The number of fused-ring (bicyclic) bond motifs is 1. The highest BCUT2D eigenvalue weighted by atomic mass is 16.6. The van der Waals surface area contributed by atoms with E-state index in [1.54, 1.807) is 17.8 Å². The van der Waals surface area contributed by atoms with Crippen LogP contribution in [0.4, 0.5) is 11.5 Å². The Hall–Kier alpha value is -2.70. The quantitative estimate of drug-likeness (QED) is 0.690. The lowest BCUT2D eigenvalue weighted by Crippen LogP contribution is -2.15. The Bertz CT molecular complexity index is 736. The maximum absolute atomic E-state index is 12.3. The van der Waals surface area contributed by atoms with Crippen LogP contribution in [-0.4, -0.2) is 20.6 Å². The number of aromatic nitrogens is 2. The fraction of sp³-hybridized carbons (Fsp3) is 0.286. The van der Waals surface area contributed by atoms with E-state index in [9.17, 15) is 14.9 Å². The molecule has 0 atom stereocenters. The van der Waals surface area contributed by atoms with Crippen LogP contribution in [0, 0.1) is 10.1 Å². The number of carbonyl (C=O) groups excluding carboxylic acids is 1. The first-order chi connectivity index (χ1) is 10.1. The molecule has 0 saturated heterocycles. The van der Waals surface area contributed by atoms with Crippen molar-refractivity contribution in [1.29, 1.82) is 0 Å². The van der Waals surface area contributed by atoms with E-state index in [1.165, 1.54) is 18.2 Å². The molecule has 7 nitrogen and oxygen atoms in total. The van der Waals surface area contributed by atoms with Crippen molar-refractivity contribution in [3.63, 3.8) is 0 Å². The van der Waals surface area contributed by atoms with Gasteiger partial charge in [-0.15, -0.1) is 0 Å². The highest BCUT2D eigenvalue weighted by Crippen LogP contribution is 2.28. The number of anilines is 1. The third kappa shape index (κ3) is 2.37. The molecule has 0 bridgehead atoms. The smallest absolute Gasteiger partial charge is 0.270 e. The zero-order valence-corrected chi connectivity index (χ0v) is 11.5. The second-order valence-electron chi connectivity index (χ2n) is 5.01. The van der Waals surface area contributed by atoms with Crippen molar-refractivity contribution in [3.05, 3.63) is 51.2 Å². The van der Waals surface area contributed by atoms with E-state index >= 15 is 0 Å². The Balaban J connectivity index is 1.87. The van der Waals surface area contributed by atoms with E-state index in [0.717, 1.165) is 30.5 Å². The number of non-ortho nitro benzene ring substituents is 1. The molecule has 1 aliphatic rings. The van der Waals surface area contributed by atoms with Crippen LogP contribution in [-0.2, 0) is 19.9 Å².